The maximum Gasteiger partial charge on any atom is 0.320 e. The molecule has 0 heterocycles. The van der Waals surface area contributed by atoms with Crippen LogP contribution in [0.25, 0.3) is 0 Å². The van der Waals surface area contributed by atoms with Gasteiger partial charge in [0, 0.05) is 0 Å². The normalized spacial score (nSPS) is 26.7. The van der Waals surface area contributed by atoms with Crippen molar-refractivity contribution in [2.45, 2.75) is 64.8 Å². The van der Waals surface area contributed by atoms with E-state index in [-0.39, 0.29) is 6.04 Å². The molecule has 0 radical (unpaired) electrons. The van der Waals surface area contributed by atoms with Gasteiger partial charge in [0.2, 0.25) is 0 Å². The topological polar surface area (TPSA) is 49.3 Å². The molecule has 0 aromatic rings. The van der Waals surface area contributed by atoms with Crippen LogP contribution < -0.4 is 5.32 Å². The average molecular weight is 241 g/mol. The number of carboxylic acid groups (broad SMARTS) is 1. The highest BCUT2D eigenvalue weighted by molar-refractivity contribution is 5.73. The van der Waals surface area contributed by atoms with Crippen LogP contribution in [0, 0.1) is 11.8 Å². The van der Waals surface area contributed by atoms with Crippen molar-refractivity contribution in [3.63, 3.8) is 0 Å². The Hall–Kier alpha value is -0.570. The number of carboxylic acids is 1. The third kappa shape index (κ3) is 5.53. The second-order valence-electron chi connectivity index (χ2n) is 5.58. The minimum atomic E-state index is -0.692. The van der Waals surface area contributed by atoms with E-state index in [1.165, 1.54) is 25.7 Å². The largest absolute Gasteiger partial charge is 0.480 e. The van der Waals surface area contributed by atoms with E-state index in [0.29, 0.717) is 5.92 Å². The van der Waals surface area contributed by atoms with Crippen molar-refractivity contribution in [2.75, 3.05) is 6.54 Å². The average Bonchev–Trinajstić information content (AvgIpc) is 2.28. The molecule has 0 aromatic carbocycles. The predicted molar refractivity (Wildman–Crippen MR) is 70.1 cm³/mol. The van der Waals surface area contributed by atoms with Gasteiger partial charge in [-0.1, -0.05) is 39.5 Å². The first-order chi connectivity index (χ1) is 8.13. The molecule has 1 aliphatic rings. The summed E-state index contributed by atoms with van der Waals surface area (Å²) in [5.41, 5.74) is 0. The molecule has 1 rings (SSSR count). The van der Waals surface area contributed by atoms with E-state index >= 15 is 0 Å². The summed E-state index contributed by atoms with van der Waals surface area (Å²) < 4.78 is 0. The predicted octanol–water partition coefficient (Wildman–Crippen LogP) is 3.05. The van der Waals surface area contributed by atoms with Crippen LogP contribution in [0.3, 0.4) is 0 Å². The fourth-order valence-corrected chi connectivity index (χ4v) is 2.78. The highest BCUT2D eigenvalue weighted by atomic mass is 16.4. The van der Waals surface area contributed by atoms with Crippen molar-refractivity contribution >= 4 is 5.97 Å². The van der Waals surface area contributed by atoms with E-state index in [2.05, 4.69) is 19.2 Å². The molecule has 3 atom stereocenters. The minimum absolute atomic E-state index is 0.341. The van der Waals surface area contributed by atoms with Crippen LogP contribution >= 0.6 is 0 Å². The third-order valence-corrected chi connectivity index (χ3v) is 3.84. The maximum absolute atomic E-state index is 11.1. The lowest BCUT2D eigenvalue weighted by atomic mass is 9.82. The fourth-order valence-electron chi connectivity index (χ4n) is 2.78. The SMILES string of the molecule is CCCC[C@H](NCC1CCCC(C)C1)C(=O)O. The Labute approximate surface area is 105 Å². The smallest absolute Gasteiger partial charge is 0.320 e. The van der Waals surface area contributed by atoms with Crippen molar-refractivity contribution in [1.29, 1.82) is 0 Å². The molecule has 1 fully saturated rings. The van der Waals surface area contributed by atoms with E-state index in [1.54, 1.807) is 0 Å². The zero-order valence-corrected chi connectivity index (χ0v) is 11.2. The summed E-state index contributed by atoms with van der Waals surface area (Å²) in [6.45, 7) is 5.28. The molecular weight excluding hydrogens is 214 g/mol. The fraction of sp³-hybridized carbons (Fsp3) is 0.929. The number of carbonyl (C=O) groups is 1. The number of aliphatic carboxylic acids is 1. The zero-order valence-electron chi connectivity index (χ0n) is 11.2. The molecule has 0 spiro atoms. The number of hydrogen-bond donors (Lipinski definition) is 2. The molecule has 2 unspecified atom stereocenters. The van der Waals surface area contributed by atoms with Gasteiger partial charge in [-0.05, 0) is 37.6 Å². The maximum atomic E-state index is 11.1. The van der Waals surface area contributed by atoms with Gasteiger partial charge in [-0.25, -0.2) is 0 Å². The Morgan fingerprint density at radius 1 is 1.47 bits per heavy atom. The second-order valence-corrected chi connectivity index (χ2v) is 5.58. The quantitative estimate of drug-likeness (QED) is 0.720. The van der Waals surface area contributed by atoms with Crippen LogP contribution in [0.5, 0.6) is 0 Å². The number of nitrogens with one attached hydrogen (secondary N) is 1. The Kier molecular flexibility index (Phi) is 6.56. The lowest BCUT2D eigenvalue weighted by molar-refractivity contribution is -0.139. The van der Waals surface area contributed by atoms with Crippen molar-refractivity contribution in [2.24, 2.45) is 11.8 Å². The highest BCUT2D eigenvalue weighted by Gasteiger charge is 2.22. The summed E-state index contributed by atoms with van der Waals surface area (Å²) in [4.78, 5) is 11.1. The first kappa shape index (κ1) is 14.5. The van der Waals surface area contributed by atoms with E-state index < -0.39 is 5.97 Å². The number of hydrogen-bond acceptors (Lipinski definition) is 2. The van der Waals surface area contributed by atoms with E-state index in [9.17, 15) is 4.79 Å². The minimum Gasteiger partial charge on any atom is -0.480 e. The van der Waals surface area contributed by atoms with E-state index in [0.717, 1.165) is 31.7 Å². The molecule has 3 nitrogen and oxygen atoms in total. The van der Waals surface area contributed by atoms with Gasteiger partial charge >= 0.3 is 5.97 Å². The van der Waals surface area contributed by atoms with Crippen molar-refractivity contribution in [1.82, 2.24) is 5.32 Å². The molecule has 100 valence electrons. The van der Waals surface area contributed by atoms with Crippen LogP contribution in [0.4, 0.5) is 0 Å². The van der Waals surface area contributed by atoms with Gasteiger partial charge in [0.15, 0.2) is 0 Å². The Morgan fingerprint density at radius 3 is 2.82 bits per heavy atom. The first-order valence-corrected chi connectivity index (χ1v) is 7.09. The lowest BCUT2D eigenvalue weighted by Crippen LogP contribution is -2.40. The molecule has 1 aliphatic carbocycles. The van der Waals surface area contributed by atoms with Gasteiger partial charge in [-0.2, -0.15) is 0 Å². The summed E-state index contributed by atoms with van der Waals surface area (Å²) in [5.74, 6) is 0.805. The van der Waals surface area contributed by atoms with Gasteiger partial charge in [0.05, 0.1) is 0 Å². The van der Waals surface area contributed by atoms with Crippen LogP contribution in [0.1, 0.15) is 58.8 Å². The number of unbranched alkanes of at least 4 members (excludes halogenated alkanes) is 1. The third-order valence-electron chi connectivity index (χ3n) is 3.84. The van der Waals surface area contributed by atoms with E-state index in [4.69, 9.17) is 5.11 Å². The monoisotopic (exact) mass is 241 g/mol. The Morgan fingerprint density at radius 2 is 2.24 bits per heavy atom. The molecular formula is C14H27NO2. The standard InChI is InChI=1S/C14H27NO2/c1-3-4-8-13(14(16)17)15-10-12-7-5-6-11(2)9-12/h11-13,15H,3-10H2,1-2H3,(H,16,17)/t11?,12?,13-/m0/s1. The van der Waals surface area contributed by atoms with E-state index in [1.807, 2.05) is 0 Å². The molecule has 2 N–H and O–H groups in total. The van der Waals surface area contributed by atoms with Crippen LogP contribution in [0.15, 0.2) is 0 Å². The van der Waals surface area contributed by atoms with Gasteiger partial charge in [-0.3, -0.25) is 4.79 Å². The molecule has 0 amide bonds. The number of rotatable bonds is 7. The summed E-state index contributed by atoms with van der Waals surface area (Å²) >= 11 is 0. The molecule has 1 saturated carbocycles. The van der Waals surface area contributed by atoms with Crippen LogP contribution in [0.2, 0.25) is 0 Å². The highest BCUT2D eigenvalue weighted by Crippen LogP contribution is 2.28. The second kappa shape index (κ2) is 7.70. The molecule has 0 aliphatic heterocycles. The van der Waals surface area contributed by atoms with Crippen molar-refractivity contribution < 1.29 is 9.90 Å². The molecule has 3 heteroatoms. The Bertz CT molecular complexity index is 230. The summed E-state index contributed by atoms with van der Waals surface area (Å²) in [5, 5.41) is 12.4. The summed E-state index contributed by atoms with van der Waals surface area (Å²) in [6.07, 6.45) is 7.98. The lowest BCUT2D eigenvalue weighted by Gasteiger charge is -2.28. The molecule has 0 bridgehead atoms. The molecule has 17 heavy (non-hydrogen) atoms. The van der Waals surface area contributed by atoms with Crippen molar-refractivity contribution in [3.8, 4) is 0 Å². The molecule has 0 aromatic heterocycles. The summed E-state index contributed by atoms with van der Waals surface area (Å²) in [6, 6.07) is -0.341. The van der Waals surface area contributed by atoms with Gasteiger partial charge in [-0.15, -0.1) is 0 Å². The van der Waals surface area contributed by atoms with Crippen molar-refractivity contribution in [3.05, 3.63) is 0 Å². The first-order valence-electron chi connectivity index (χ1n) is 7.09. The molecule has 0 saturated heterocycles. The van der Waals surface area contributed by atoms with Crippen LogP contribution in [-0.4, -0.2) is 23.7 Å². The van der Waals surface area contributed by atoms with Crippen LogP contribution in [-0.2, 0) is 4.79 Å². The zero-order chi connectivity index (χ0) is 12.7. The summed E-state index contributed by atoms with van der Waals surface area (Å²) in [7, 11) is 0. The van der Waals surface area contributed by atoms with Gasteiger partial charge in [0.1, 0.15) is 6.04 Å². The van der Waals surface area contributed by atoms with Gasteiger partial charge in [0.25, 0.3) is 0 Å². The van der Waals surface area contributed by atoms with Gasteiger partial charge < -0.3 is 10.4 Å². The Balaban J connectivity index is 2.27.